The molecule has 1 heterocycles. The Bertz CT molecular complexity index is 1110. The number of carbonyl (C=O) groups is 3. The lowest BCUT2D eigenvalue weighted by Crippen LogP contribution is -2.42. The van der Waals surface area contributed by atoms with Crippen molar-refractivity contribution in [2.24, 2.45) is 11.8 Å². The van der Waals surface area contributed by atoms with Gasteiger partial charge < -0.3 is 20.1 Å². The van der Waals surface area contributed by atoms with Crippen molar-refractivity contribution >= 4 is 18.0 Å². The number of alkyl halides is 2. The average Bonchev–Trinajstić information content (AvgIpc) is 3.17. The van der Waals surface area contributed by atoms with Crippen LogP contribution in [0.3, 0.4) is 0 Å². The van der Waals surface area contributed by atoms with Gasteiger partial charge in [-0.1, -0.05) is 48.5 Å². The van der Waals surface area contributed by atoms with E-state index in [1.165, 1.54) is 0 Å². The van der Waals surface area contributed by atoms with Gasteiger partial charge in [0.05, 0.1) is 5.92 Å². The van der Waals surface area contributed by atoms with Crippen molar-refractivity contribution < 1.29 is 33.0 Å². The lowest BCUT2D eigenvalue weighted by atomic mass is 9.98. The number of ether oxygens (including phenoxy) is 1. The Kier molecular flexibility index (Phi) is 5.50. The molecule has 0 aromatic heterocycles. The first-order valence-corrected chi connectivity index (χ1v) is 11.3. The van der Waals surface area contributed by atoms with E-state index in [0.29, 0.717) is 6.42 Å². The molecule has 9 heteroatoms. The largest absolute Gasteiger partial charge is 0.480 e. The molecular weight excluding hydrogens is 446 g/mol. The first-order valence-electron chi connectivity index (χ1n) is 11.3. The van der Waals surface area contributed by atoms with Crippen molar-refractivity contribution in [3.8, 4) is 11.1 Å². The van der Waals surface area contributed by atoms with Crippen LogP contribution in [0.1, 0.15) is 29.9 Å². The van der Waals surface area contributed by atoms with Crippen molar-refractivity contribution in [3.63, 3.8) is 0 Å². The summed E-state index contributed by atoms with van der Waals surface area (Å²) < 4.78 is 34.0. The van der Waals surface area contributed by atoms with Gasteiger partial charge in [0.15, 0.2) is 0 Å². The Hall–Kier alpha value is -3.49. The van der Waals surface area contributed by atoms with Gasteiger partial charge in [-0.05, 0) is 35.1 Å². The number of carboxylic acid groups (broad SMARTS) is 1. The summed E-state index contributed by atoms with van der Waals surface area (Å²) in [6, 6.07) is 14.6. The number of amides is 2. The zero-order valence-electron chi connectivity index (χ0n) is 18.2. The summed E-state index contributed by atoms with van der Waals surface area (Å²) >= 11 is 0. The molecular formula is C25H24F2N2O5. The minimum Gasteiger partial charge on any atom is -0.480 e. The second kappa shape index (κ2) is 8.38. The number of hydrogen-bond acceptors (Lipinski definition) is 4. The Balaban J connectivity index is 1.17. The maximum absolute atomic E-state index is 14.3. The number of fused-ring (bicyclic) bond motifs is 3. The van der Waals surface area contributed by atoms with E-state index >= 15 is 0 Å². The van der Waals surface area contributed by atoms with Crippen LogP contribution in [0.4, 0.5) is 13.6 Å². The number of hydrogen-bond donors (Lipinski definition) is 2. The Labute approximate surface area is 194 Å². The third kappa shape index (κ3) is 3.69. The van der Waals surface area contributed by atoms with Gasteiger partial charge in [-0.25, -0.2) is 18.4 Å². The van der Waals surface area contributed by atoms with E-state index in [1.807, 2.05) is 48.5 Å². The highest BCUT2D eigenvalue weighted by molar-refractivity contribution is 5.89. The molecule has 5 rings (SSSR count). The van der Waals surface area contributed by atoms with E-state index in [-0.39, 0.29) is 25.5 Å². The number of carbonyl (C=O) groups excluding carboxylic acids is 2. The lowest BCUT2D eigenvalue weighted by Gasteiger charge is -2.21. The fourth-order valence-electron chi connectivity index (χ4n) is 5.29. The molecule has 2 aromatic carbocycles. The van der Waals surface area contributed by atoms with Gasteiger partial charge in [0.1, 0.15) is 18.6 Å². The highest BCUT2D eigenvalue weighted by Crippen LogP contribution is 2.56. The molecule has 2 aromatic rings. The minimum atomic E-state index is -3.29. The molecule has 178 valence electrons. The summed E-state index contributed by atoms with van der Waals surface area (Å²) in [5, 5.41) is 11.6. The minimum absolute atomic E-state index is 0.0529. The molecule has 7 nitrogen and oxygen atoms in total. The summed E-state index contributed by atoms with van der Waals surface area (Å²) in [6.45, 7) is -0.224. The summed E-state index contributed by atoms with van der Waals surface area (Å²) in [6.07, 6.45) is -0.119. The van der Waals surface area contributed by atoms with Crippen LogP contribution in [-0.2, 0) is 14.3 Å². The van der Waals surface area contributed by atoms with Gasteiger partial charge in [0, 0.05) is 19.0 Å². The Morgan fingerprint density at radius 1 is 1.06 bits per heavy atom. The van der Waals surface area contributed by atoms with Gasteiger partial charge in [0.2, 0.25) is 5.91 Å². The molecule has 1 aliphatic heterocycles. The predicted molar refractivity (Wildman–Crippen MR) is 117 cm³/mol. The zero-order valence-corrected chi connectivity index (χ0v) is 18.2. The van der Waals surface area contributed by atoms with E-state index in [0.717, 1.165) is 27.2 Å². The van der Waals surface area contributed by atoms with Crippen molar-refractivity contribution in [2.45, 2.75) is 30.7 Å². The SMILES string of the molecule is O=C(NC[C@H]1[C@@H](C(=O)N2CCCC2C(=O)O)C1(F)F)OCC1c2ccccc2-c2ccccc21. The number of aliphatic carboxylic acids is 1. The van der Waals surface area contributed by atoms with Crippen LogP contribution in [0.5, 0.6) is 0 Å². The van der Waals surface area contributed by atoms with Gasteiger partial charge in [0.25, 0.3) is 5.92 Å². The Morgan fingerprint density at radius 2 is 1.68 bits per heavy atom. The first-order chi connectivity index (χ1) is 16.3. The molecule has 1 saturated heterocycles. The zero-order chi connectivity index (χ0) is 24.0. The second-order valence-electron chi connectivity index (χ2n) is 8.99. The average molecular weight is 470 g/mol. The number of alkyl carbamates (subject to hydrolysis) is 1. The Morgan fingerprint density at radius 3 is 2.29 bits per heavy atom. The van der Waals surface area contributed by atoms with Crippen LogP contribution < -0.4 is 5.32 Å². The summed E-state index contributed by atoms with van der Waals surface area (Å²) in [5.41, 5.74) is 4.23. The quantitative estimate of drug-likeness (QED) is 0.674. The highest BCUT2D eigenvalue weighted by Gasteiger charge is 2.72. The van der Waals surface area contributed by atoms with Crippen molar-refractivity contribution in [3.05, 3.63) is 59.7 Å². The maximum atomic E-state index is 14.3. The predicted octanol–water partition coefficient (Wildman–Crippen LogP) is 3.48. The lowest BCUT2D eigenvalue weighted by molar-refractivity contribution is -0.149. The van der Waals surface area contributed by atoms with Crippen LogP contribution in [0.2, 0.25) is 0 Å². The molecule has 2 aliphatic carbocycles. The van der Waals surface area contributed by atoms with Crippen LogP contribution in [-0.4, -0.2) is 59.6 Å². The molecule has 3 aliphatic rings. The number of likely N-dealkylation sites (tertiary alicyclic amines) is 1. The van der Waals surface area contributed by atoms with Crippen LogP contribution in [0.25, 0.3) is 11.1 Å². The number of halogens is 2. The fourth-order valence-corrected chi connectivity index (χ4v) is 5.29. The maximum Gasteiger partial charge on any atom is 0.407 e. The van der Waals surface area contributed by atoms with Gasteiger partial charge in [-0.2, -0.15) is 0 Å². The third-order valence-corrected chi connectivity index (χ3v) is 7.10. The normalized spacial score (nSPS) is 24.3. The smallest absolute Gasteiger partial charge is 0.407 e. The van der Waals surface area contributed by atoms with E-state index in [1.54, 1.807) is 0 Å². The van der Waals surface area contributed by atoms with E-state index in [2.05, 4.69) is 5.32 Å². The van der Waals surface area contributed by atoms with E-state index in [9.17, 15) is 28.3 Å². The summed E-state index contributed by atoms with van der Waals surface area (Å²) in [7, 11) is 0. The monoisotopic (exact) mass is 470 g/mol. The molecule has 34 heavy (non-hydrogen) atoms. The highest BCUT2D eigenvalue weighted by atomic mass is 19.3. The van der Waals surface area contributed by atoms with E-state index < -0.39 is 48.3 Å². The molecule has 1 unspecified atom stereocenters. The number of nitrogens with zero attached hydrogens (tertiary/aromatic N) is 1. The second-order valence-corrected chi connectivity index (χ2v) is 8.99. The van der Waals surface area contributed by atoms with E-state index in [4.69, 9.17) is 4.74 Å². The first kappa shape index (κ1) is 22.3. The third-order valence-electron chi connectivity index (χ3n) is 7.10. The van der Waals surface area contributed by atoms with Gasteiger partial charge >= 0.3 is 12.1 Å². The number of carboxylic acids is 1. The molecule has 2 N–H and O–H groups in total. The molecule has 1 saturated carbocycles. The van der Waals surface area contributed by atoms with Gasteiger partial charge in [-0.15, -0.1) is 0 Å². The van der Waals surface area contributed by atoms with Crippen molar-refractivity contribution in [1.82, 2.24) is 10.2 Å². The fraction of sp³-hybridized carbons (Fsp3) is 0.400. The number of nitrogens with one attached hydrogen (secondary N) is 1. The number of benzene rings is 2. The standard InChI is InChI=1S/C25H24F2N2O5/c26-25(27)19(21(25)22(30)29-11-5-10-20(29)23(31)32)12-28-24(33)34-13-18-16-8-3-1-6-14(16)15-7-2-4-9-17(15)18/h1-4,6-9,18-21H,5,10-13H2,(H,28,33)(H,31,32)/t19-,20?,21-/m0/s1. The number of rotatable bonds is 6. The molecule has 2 amide bonds. The molecule has 0 radical (unpaired) electrons. The van der Waals surface area contributed by atoms with Crippen LogP contribution >= 0.6 is 0 Å². The molecule has 0 spiro atoms. The van der Waals surface area contributed by atoms with Crippen LogP contribution in [0.15, 0.2) is 48.5 Å². The topological polar surface area (TPSA) is 95.9 Å². The van der Waals surface area contributed by atoms with Crippen molar-refractivity contribution in [2.75, 3.05) is 19.7 Å². The van der Waals surface area contributed by atoms with Gasteiger partial charge in [-0.3, -0.25) is 4.79 Å². The molecule has 3 atom stereocenters. The van der Waals surface area contributed by atoms with Crippen LogP contribution in [0, 0.1) is 11.8 Å². The molecule has 2 fully saturated rings. The molecule has 0 bridgehead atoms. The summed E-state index contributed by atoms with van der Waals surface area (Å²) in [4.78, 5) is 37.2. The van der Waals surface area contributed by atoms with Crippen molar-refractivity contribution in [1.29, 1.82) is 0 Å². The summed E-state index contributed by atoms with van der Waals surface area (Å²) in [5.74, 6) is -8.51.